The maximum absolute atomic E-state index is 12.0. The first-order valence-electron chi connectivity index (χ1n) is 3.98. The predicted octanol–water partition coefficient (Wildman–Crippen LogP) is 2.92. The first-order chi connectivity index (χ1) is 7.76. The Morgan fingerprint density at radius 2 is 2.06 bits per heavy atom. The van der Waals surface area contributed by atoms with E-state index in [1.54, 1.807) is 6.07 Å². The highest BCUT2D eigenvalue weighted by atomic mass is 79.9. The first-order valence-corrected chi connectivity index (χ1v) is 4.77. The van der Waals surface area contributed by atoms with Gasteiger partial charge in [0.25, 0.3) is 0 Å². The van der Waals surface area contributed by atoms with Crippen LogP contribution < -0.4 is 4.74 Å². The number of ether oxygens (including phenoxy) is 1. The summed E-state index contributed by atoms with van der Waals surface area (Å²) >= 11 is 2.75. The molecule has 0 bridgehead atoms. The van der Waals surface area contributed by atoms with Crippen LogP contribution in [-0.2, 0) is 0 Å². The van der Waals surface area contributed by atoms with Gasteiger partial charge in [0.05, 0.1) is 10.0 Å². The number of halogens is 4. The van der Waals surface area contributed by atoms with Crippen molar-refractivity contribution in [2.45, 2.75) is 6.36 Å². The fourth-order valence-corrected chi connectivity index (χ4v) is 1.64. The summed E-state index contributed by atoms with van der Waals surface area (Å²) in [5.41, 5.74) is -0.849. The molecule has 1 aromatic rings. The van der Waals surface area contributed by atoms with Crippen LogP contribution in [-0.4, -0.2) is 17.4 Å². The normalized spacial score (nSPS) is 10.8. The summed E-state index contributed by atoms with van der Waals surface area (Å²) in [6.45, 7) is 0. The quantitative estimate of drug-likeness (QED) is 0.912. The summed E-state index contributed by atoms with van der Waals surface area (Å²) in [6, 6.07) is 3.44. The van der Waals surface area contributed by atoms with Crippen LogP contribution in [0.1, 0.15) is 15.9 Å². The van der Waals surface area contributed by atoms with Crippen LogP contribution >= 0.6 is 15.9 Å². The van der Waals surface area contributed by atoms with Gasteiger partial charge in [-0.25, -0.2) is 4.79 Å². The number of nitrogens with zero attached hydrogens (tertiary/aromatic N) is 1. The van der Waals surface area contributed by atoms with Gasteiger partial charge in [-0.05, 0) is 28.1 Å². The second-order valence-corrected chi connectivity index (χ2v) is 3.56. The van der Waals surface area contributed by atoms with Crippen molar-refractivity contribution in [2.24, 2.45) is 0 Å². The van der Waals surface area contributed by atoms with Gasteiger partial charge in [-0.3, -0.25) is 0 Å². The summed E-state index contributed by atoms with van der Waals surface area (Å²) in [4.78, 5) is 10.8. The summed E-state index contributed by atoms with van der Waals surface area (Å²) < 4.78 is 39.3. The third kappa shape index (κ3) is 3.10. The van der Waals surface area contributed by atoms with Gasteiger partial charge in [-0.15, -0.1) is 13.2 Å². The van der Waals surface area contributed by atoms with E-state index in [4.69, 9.17) is 10.4 Å². The molecule has 0 fully saturated rings. The van der Waals surface area contributed by atoms with Gasteiger partial charge in [0, 0.05) is 0 Å². The second kappa shape index (κ2) is 4.63. The molecule has 4 nitrogen and oxygen atoms in total. The van der Waals surface area contributed by atoms with Gasteiger partial charge in [-0.1, -0.05) is 0 Å². The van der Waals surface area contributed by atoms with Crippen molar-refractivity contribution in [3.8, 4) is 11.8 Å². The molecule has 0 aliphatic heterocycles. The van der Waals surface area contributed by atoms with Crippen molar-refractivity contribution in [3.63, 3.8) is 0 Å². The van der Waals surface area contributed by atoms with E-state index in [0.29, 0.717) is 0 Å². The summed E-state index contributed by atoms with van der Waals surface area (Å²) in [5, 5.41) is 17.4. The average Bonchev–Trinajstić information content (AvgIpc) is 2.14. The van der Waals surface area contributed by atoms with Crippen molar-refractivity contribution < 1.29 is 27.8 Å². The number of benzene rings is 1. The van der Waals surface area contributed by atoms with E-state index in [-0.39, 0.29) is 10.0 Å². The SMILES string of the molecule is N#Cc1ccc(OC(F)(F)F)c(C(=O)O)c1Br. The minimum absolute atomic E-state index is 0.100. The maximum Gasteiger partial charge on any atom is 0.573 e. The molecule has 0 saturated heterocycles. The molecule has 0 radical (unpaired) electrons. The summed E-state index contributed by atoms with van der Waals surface area (Å²) in [5.74, 6) is -2.51. The molecule has 0 aliphatic carbocycles. The molecule has 0 atom stereocenters. The van der Waals surface area contributed by atoms with Crippen molar-refractivity contribution in [1.29, 1.82) is 5.26 Å². The molecule has 1 aromatic carbocycles. The van der Waals surface area contributed by atoms with Crippen LogP contribution in [0.2, 0.25) is 0 Å². The van der Waals surface area contributed by atoms with Gasteiger partial charge in [0.2, 0.25) is 0 Å². The van der Waals surface area contributed by atoms with E-state index in [1.807, 2.05) is 0 Å². The number of carbonyl (C=O) groups is 1. The van der Waals surface area contributed by atoms with E-state index in [0.717, 1.165) is 12.1 Å². The van der Waals surface area contributed by atoms with E-state index < -0.39 is 23.6 Å². The van der Waals surface area contributed by atoms with Crippen molar-refractivity contribution in [3.05, 3.63) is 27.7 Å². The number of rotatable bonds is 2. The van der Waals surface area contributed by atoms with Crippen molar-refractivity contribution in [1.82, 2.24) is 0 Å². The molecule has 17 heavy (non-hydrogen) atoms. The number of carboxylic acid groups (broad SMARTS) is 1. The topological polar surface area (TPSA) is 70.3 Å². The largest absolute Gasteiger partial charge is 0.573 e. The molecule has 0 saturated carbocycles. The van der Waals surface area contributed by atoms with E-state index >= 15 is 0 Å². The van der Waals surface area contributed by atoms with Crippen molar-refractivity contribution >= 4 is 21.9 Å². The van der Waals surface area contributed by atoms with Crippen LogP contribution in [0.3, 0.4) is 0 Å². The number of hydrogen-bond acceptors (Lipinski definition) is 3. The third-order valence-electron chi connectivity index (χ3n) is 1.66. The van der Waals surface area contributed by atoms with Gasteiger partial charge in [0.15, 0.2) is 0 Å². The highest BCUT2D eigenvalue weighted by molar-refractivity contribution is 9.10. The van der Waals surface area contributed by atoms with Crippen LogP contribution in [0.15, 0.2) is 16.6 Å². The average molecular weight is 310 g/mol. The van der Waals surface area contributed by atoms with Crippen LogP contribution in [0.4, 0.5) is 13.2 Å². The molecule has 0 aromatic heterocycles. The zero-order valence-corrected chi connectivity index (χ0v) is 9.46. The van der Waals surface area contributed by atoms with E-state index in [9.17, 15) is 18.0 Å². The highest BCUT2D eigenvalue weighted by Crippen LogP contribution is 2.33. The number of hydrogen-bond donors (Lipinski definition) is 1. The molecular formula is C9H3BrF3NO3. The number of carboxylic acids is 1. The Bertz CT molecular complexity index is 507. The molecule has 0 aliphatic rings. The molecule has 8 heteroatoms. The Morgan fingerprint density at radius 1 is 1.47 bits per heavy atom. The molecular weight excluding hydrogens is 307 g/mol. The third-order valence-corrected chi connectivity index (χ3v) is 2.49. The first kappa shape index (κ1) is 13.3. The smallest absolute Gasteiger partial charge is 0.478 e. The molecule has 1 N–H and O–H groups in total. The Morgan fingerprint density at radius 3 is 2.47 bits per heavy atom. The minimum atomic E-state index is -5.00. The standard InChI is InChI=1S/C9H3BrF3NO3/c10-7-4(3-14)1-2-5(6(7)8(15)16)17-9(11,12)13/h1-2H,(H,15,16). The van der Waals surface area contributed by atoms with E-state index in [1.165, 1.54) is 0 Å². The maximum atomic E-state index is 12.0. The fraction of sp³-hybridized carbons (Fsp3) is 0.111. The molecule has 90 valence electrons. The molecule has 0 heterocycles. The fourth-order valence-electron chi connectivity index (χ4n) is 1.05. The molecule has 0 spiro atoms. The molecule has 0 amide bonds. The Balaban J connectivity index is 3.38. The number of aromatic carboxylic acids is 1. The number of alkyl halides is 3. The van der Waals surface area contributed by atoms with Crippen molar-refractivity contribution in [2.75, 3.05) is 0 Å². The minimum Gasteiger partial charge on any atom is -0.478 e. The second-order valence-electron chi connectivity index (χ2n) is 2.77. The van der Waals surface area contributed by atoms with Crippen LogP contribution in [0, 0.1) is 11.3 Å². The zero-order chi connectivity index (χ0) is 13.2. The van der Waals surface area contributed by atoms with Gasteiger partial charge in [0.1, 0.15) is 17.4 Å². The van der Waals surface area contributed by atoms with Gasteiger partial charge < -0.3 is 9.84 Å². The van der Waals surface area contributed by atoms with Gasteiger partial charge in [-0.2, -0.15) is 5.26 Å². The predicted molar refractivity (Wildman–Crippen MR) is 52.5 cm³/mol. The summed E-state index contributed by atoms with van der Waals surface area (Å²) in [7, 11) is 0. The zero-order valence-electron chi connectivity index (χ0n) is 7.88. The monoisotopic (exact) mass is 309 g/mol. The number of nitriles is 1. The Hall–Kier alpha value is -1.75. The van der Waals surface area contributed by atoms with Gasteiger partial charge >= 0.3 is 12.3 Å². The highest BCUT2D eigenvalue weighted by Gasteiger charge is 2.34. The lowest BCUT2D eigenvalue weighted by atomic mass is 10.1. The van der Waals surface area contributed by atoms with E-state index in [2.05, 4.69) is 20.7 Å². The van der Waals surface area contributed by atoms with Crippen LogP contribution in [0.5, 0.6) is 5.75 Å². The molecule has 1 rings (SSSR count). The lowest BCUT2D eigenvalue weighted by Gasteiger charge is -2.12. The van der Waals surface area contributed by atoms with Crippen LogP contribution in [0.25, 0.3) is 0 Å². The molecule has 0 unspecified atom stereocenters. The Labute approximate surface area is 101 Å². The Kier molecular flexibility index (Phi) is 3.63. The lowest BCUT2D eigenvalue weighted by Crippen LogP contribution is -2.19. The lowest BCUT2D eigenvalue weighted by molar-refractivity contribution is -0.274. The summed E-state index contributed by atoms with van der Waals surface area (Å²) in [6.07, 6.45) is -5.00.